The molecule has 0 saturated carbocycles. The predicted molar refractivity (Wildman–Crippen MR) is 91.4 cm³/mol. The van der Waals surface area contributed by atoms with E-state index in [1.807, 2.05) is 19.9 Å². The second kappa shape index (κ2) is 6.71. The maximum absolute atomic E-state index is 9.45. The Labute approximate surface area is 141 Å². The molecule has 2 aromatic rings. The quantitative estimate of drug-likeness (QED) is 0.850. The van der Waals surface area contributed by atoms with Gasteiger partial charge in [-0.15, -0.1) is 0 Å². The molecule has 1 saturated heterocycles. The molecule has 0 amide bonds. The van der Waals surface area contributed by atoms with Crippen LogP contribution >= 0.6 is 0 Å². The second-order valence-electron chi connectivity index (χ2n) is 5.75. The third kappa shape index (κ3) is 3.08. The molecular formula is C17H20N6O. The molecule has 1 aliphatic rings. The van der Waals surface area contributed by atoms with Gasteiger partial charge in [0.05, 0.1) is 36.4 Å². The number of nitrogens with zero attached hydrogens (tertiary/aromatic N) is 6. The van der Waals surface area contributed by atoms with Gasteiger partial charge in [-0.3, -0.25) is 9.97 Å². The first-order valence-corrected chi connectivity index (χ1v) is 7.86. The molecule has 0 radical (unpaired) electrons. The normalized spacial score (nSPS) is 14.4. The summed E-state index contributed by atoms with van der Waals surface area (Å²) in [4.78, 5) is 17.4. The van der Waals surface area contributed by atoms with Crippen molar-refractivity contribution in [2.45, 2.75) is 13.8 Å². The van der Waals surface area contributed by atoms with Gasteiger partial charge in [0.15, 0.2) is 5.82 Å². The van der Waals surface area contributed by atoms with Gasteiger partial charge in [0.1, 0.15) is 6.07 Å². The van der Waals surface area contributed by atoms with Crippen LogP contribution < -0.4 is 14.5 Å². The van der Waals surface area contributed by atoms with Gasteiger partial charge in [0, 0.05) is 31.9 Å². The number of anilines is 2. The average molecular weight is 324 g/mol. The molecule has 3 heterocycles. The van der Waals surface area contributed by atoms with Crippen LogP contribution in [0.4, 0.5) is 11.5 Å². The van der Waals surface area contributed by atoms with E-state index in [4.69, 9.17) is 4.74 Å². The minimum Gasteiger partial charge on any atom is -0.480 e. The lowest BCUT2D eigenvalue weighted by Crippen LogP contribution is -2.47. The van der Waals surface area contributed by atoms with E-state index in [0.717, 1.165) is 49.1 Å². The summed E-state index contributed by atoms with van der Waals surface area (Å²) < 4.78 is 5.14. The number of rotatable bonds is 3. The van der Waals surface area contributed by atoms with E-state index in [1.54, 1.807) is 19.5 Å². The molecule has 124 valence electrons. The minimum atomic E-state index is 0.516. The van der Waals surface area contributed by atoms with E-state index in [1.165, 1.54) is 0 Å². The summed E-state index contributed by atoms with van der Waals surface area (Å²) in [7, 11) is 1.59. The molecule has 0 aliphatic carbocycles. The monoisotopic (exact) mass is 324 g/mol. The lowest BCUT2D eigenvalue weighted by atomic mass is 10.1. The number of hydrogen-bond acceptors (Lipinski definition) is 7. The molecule has 0 spiro atoms. The SMILES string of the molecule is COc1cncc(N2CCN(c3cc(C)nc(C)c3C#N)CC2)n1. The zero-order valence-electron chi connectivity index (χ0n) is 14.2. The number of aromatic nitrogens is 3. The zero-order valence-corrected chi connectivity index (χ0v) is 14.2. The summed E-state index contributed by atoms with van der Waals surface area (Å²) in [5, 5.41) is 9.45. The summed E-state index contributed by atoms with van der Waals surface area (Å²) in [5.41, 5.74) is 3.35. The molecule has 7 nitrogen and oxygen atoms in total. The number of methoxy groups -OCH3 is 1. The summed E-state index contributed by atoms with van der Waals surface area (Å²) >= 11 is 0. The maximum atomic E-state index is 9.45. The van der Waals surface area contributed by atoms with Crippen molar-refractivity contribution in [3.63, 3.8) is 0 Å². The van der Waals surface area contributed by atoms with Gasteiger partial charge in [-0.2, -0.15) is 10.2 Å². The molecule has 0 unspecified atom stereocenters. The van der Waals surface area contributed by atoms with Crippen molar-refractivity contribution < 1.29 is 4.74 Å². The first-order chi connectivity index (χ1) is 11.6. The van der Waals surface area contributed by atoms with Crippen molar-refractivity contribution >= 4 is 11.5 Å². The van der Waals surface area contributed by atoms with E-state index in [-0.39, 0.29) is 0 Å². The Morgan fingerprint density at radius 1 is 1.08 bits per heavy atom. The van der Waals surface area contributed by atoms with Crippen LogP contribution in [0.25, 0.3) is 0 Å². The molecule has 1 fully saturated rings. The van der Waals surface area contributed by atoms with E-state index in [0.29, 0.717) is 11.4 Å². The second-order valence-corrected chi connectivity index (χ2v) is 5.75. The number of ether oxygens (including phenoxy) is 1. The molecule has 0 atom stereocenters. The highest BCUT2D eigenvalue weighted by Crippen LogP contribution is 2.25. The van der Waals surface area contributed by atoms with E-state index in [2.05, 4.69) is 30.8 Å². The first kappa shape index (κ1) is 16.0. The Kier molecular flexibility index (Phi) is 4.47. The molecule has 0 aromatic carbocycles. The fourth-order valence-corrected chi connectivity index (χ4v) is 2.96. The number of pyridine rings is 1. The number of piperazine rings is 1. The van der Waals surface area contributed by atoms with Crippen molar-refractivity contribution in [1.82, 2.24) is 15.0 Å². The molecule has 2 aromatic heterocycles. The maximum Gasteiger partial charge on any atom is 0.233 e. The van der Waals surface area contributed by atoms with Crippen LogP contribution in [0.2, 0.25) is 0 Å². The van der Waals surface area contributed by atoms with Crippen LogP contribution in [0.5, 0.6) is 5.88 Å². The topological polar surface area (TPSA) is 78.2 Å². The van der Waals surface area contributed by atoms with Gasteiger partial charge < -0.3 is 14.5 Å². The minimum absolute atomic E-state index is 0.516. The molecule has 0 N–H and O–H groups in total. The van der Waals surface area contributed by atoms with E-state index >= 15 is 0 Å². The Balaban J connectivity index is 1.77. The van der Waals surface area contributed by atoms with Gasteiger partial charge >= 0.3 is 0 Å². The fraction of sp³-hybridized carbons (Fsp3) is 0.412. The highest BCUT2D eigenvalue weighted by atomic mass is 16.5. The van der Waals surface area contributed by atoms with Crippen molar-refractivity contribution in [3.05, 3.63) is 35.4 Å². The Hall–Kier alpha value is -2.88. The lowest BCUT2D eigenvalue weighted by Gasteiger charge is -2.37. The van der Waals surface area contributed by atoms with Crippen LogP contribution in [0.1, 0.15) is 17.0 Å². The van der Waals surface area contributed by atoms with Crippen molar-refractivity contribution in [2.24, 2.45) is 0 Å². The zero-order chi connectivity index (χ0) is 17.1. The number of aryl methyl sites for hydroxylation is 2. The van der Waals surface area contributed by atoms with Crippen LogP contribution in [-0.2, 0) is 0 Å². The Morgan fingerprint density at radius 2 is 1.79 bits per heavy atom. The van der Waals surface area contributed by atoms with E-state index < -0.39 is 0 Å². The van der Waals surface area contributed by atoms with Crippen molar-refractivity contribution in [3.8, 4) is 11.9 Å². The largest absolute Gasteiger partial charge is 0.480 e. The number of nitriles is 1. The Morgan fingerprint density at radius 3 is 2.46 bits per heavy atom. The third-order valence-electron chi connectivity index (χ3n) is 4.17. The average Bonchev–Trinajstić information content (AvgIpc) is 2.61. The van der Waals surface area contributed by atoms with Crippen molar-refractivity contribution in [1.29, 1.82) is 5.26 Å². The summed E-state index contributed by atoms with van der Waals surface area (Å²) in [6.07, 6.45) is 3.35. The van der Waals surface area contributed by atoms with Gasteiger partial charge in [-0.1, -0.05) is 0 Å². The molecule has 0 bridgehead atoms. The first-order valence-electron chi connectivity index (χ1n) is 7.86. The molecule has 3 rings (SSSR count). The molecule has 1 aliphatic heterocycles. The highest BCUT2D eigenvalue weighted by Gasteiger charge is 2.22. The van der Waals surface area contributed by atoms with Crippen LogP contribution in [0.3, 0.4) is 0 Å². The van der Waals surface area contributed by atoms with Crippen LogP contribution in [-0.4, -0.2) is 48.2 Å². The molecular weight excluding hydrogens is 304 g/mol. The smallest absolute Gasteiger partial charge is 0.233 e. The van der Waals surface area contributed by atoms with Crippen molar-refractivity contribution in [2.75, 3.05) is 43.1 Å². The lowest BCUT2D eigenvalue weighted by molar-refractivity contribution is 0.395. The standard InChI is InChI=1S/C17H20N6O/c1-12-8-15(14(9-18)13(2)20-12)22-4-6-23(7-5-22)16-10-19-11-17(21-16)24-3/h8,10-11H,4-7H2,1-3H3. The third-order valence-corrected chi connectivity index (χ3v) is 4.17. The van der Waals surface area contributed by atoms with Gasteiger partial charge in [-0.05, 0) is 19.9 Å². The number of hydrogen-bond donors (Lipinski definition) is 0. The fourth-order valence-electron chi connectivity index (χ4n) is 2.96. The van der Waals surface area contributed by atoms with Gasteiger partial charge in [0.25, 0.3) is 0 Å². The predicted octanol–water partition coefficient (Wildman–Crippen LogP) is 1.70. The van der Waals surface area contributed by atoms with Crippen LogP contribution in [0.15, 0.2) is 18.5 Å². The van der Waals surface area contributed by atoms with E-state index in [9.17, 15) is 5.26 Å². The summed E-state index contributed by atoms with van der Waals surface area (Å²) in [5.74, 6) is 1.33. The van der Waals surface area contributed by atoms with Gasteiger partial charge in [0.2, 0.25) is 5.88 Å². The summed E-state index contributed by atoms with van der Waals surface area (Å²) in [6, 6.07) is 4.28. The highest BCUT2D eigenvalue weighted by molar-refractivity contribution is 5.62. The van der Waals surface area contributed by atoms with Gasteiger partial charge in [-0.25, -0.2) is 0 Å². The Bertz CT molecular complexity index is 777. The van der Waals surface area contributed by atoms with Crippen LogP contribution in [0, 0.1) is 25.2 Å². The summed E-state index contributed by atoms with van der Waals surface area (Å²) in [6.45, 7) is 7.10. The molecule has 24 heavy (non-hydrogen) atoms. The molecule has 7 heteroatoms.